The Labute approximate surface area is 171 Å². The Bertz CT molecular complexity index is 1180. The molecule has 3 aromatic rings. The molecular formula is C20H20N2O5S2. The largest absolute Gasteiger partial charge is 0.494 e. The van der Waals surface area contributed by atoms with Gasteiger partial charge in [-0.25, -0.2) is 12.6 Å². The van der Waals surface area contributed by atoms with Gasteiger partial charge in [-0.3, -0.25) is 4.72 Å². The number of hydrogen-bond donors (Lipinski definition) is 3. The van der Waals surface area contributed by atoms with Crippen molar-refractivity contribution in [2.45, 2.75) is 16.7 Å². The lowest BCUT2D eigenvalue weighted by Crippen LogP contribution is -2.13. The van der Waals surface area contributed by atoms with Crippen molar-refractivity contribution in [1.82, 2.24) is 0 Å². The zero-order valence-corrected chi connectivity index (χ0v) is 17.4. The highest BCUT2D eigenvalue weighted by molar-refractivity contribution is 7.92. The highest BCUT2D eigenvalue weighted by atomic mass is 32.2. The molecule has 7 nitrogen and oxygen atoms in total. The molecule has 1 atom stereocenters. The fraction of sp³-hybridized carbons (Fsp3) is 0.100. The molecule has 0 amide bonds. The van der Waals surface area contributed by atoms with E-state index in [0.29, 0.717) is 11.1 Å². The number of hydrogen-bond acceptors (Lipinski definition) is 5. The summed E-state index contributed by atoms with van der Waals surface area (Å²) in [4.78, 5) is 0.261. The average Bonchev–Trinajstić information content (AvgIpc) is 2.69. The zero-order valence-electron chi connectivity index (χ0n) is 15.7. The fourth-order valence-corrected chi connectivity index (χ4v) is 4.45. The van der Waals surface area contributed by atoms with Gasteiger partial charge in [0.25, 0.3) is 10.0 Å². The maximum Gasteiger partial charge on any atom is 0.261 e. The molecule has 0 aromatic heterocycles. The lowest BCUT2D eigenvalue weighted by Gasteiger charge is -2.16. The van der Waals surface area contributed by atoms with Crippen LogP contribution in [0.3, 0.4) is 0 Å². The molecule has 0 saturated carbocycles. The van der Waals surface area contributed by atoms with Crippen molar-refractivity contribution in [3.63, 3.8) is 0 Å². The topological polar surface area (TPSA) is 119 Å². The van der Waals surface area contributed by atoms with Crippen molar-refractivity contribution in [3.8, 4) is 16.9 Å². The summed E-state index contributed by atoms with van der Waals surface area (Å²) in [6.45, 7) is 1.86. The number of methoxy groups -OCH3 is 1. The Balaban J connectivity index is 2.12. The summed E-state index contributed by atoms with van der Waals surface area (Å²) in [5, 5.41) is 0. The Morgan fingerprint density at radius 1 is 1.03 bits per heavy atom. The van der Waals surface area contributed by atoms with Crippen LogP contribution in [0, 0.1) is 6.92 Å². The third kappa shape index (κ3) is 4.42. The summed E-state index contributed by atoms with van der Waals surface area (Å²) in [6, 6.07) is 15.9. The van der Waals surface area contributed by atoms with Crippen molar-refractivity contribution >= 4 is 32.5 Å². The first kappa shape index (κ1) is 20.8. The van der Waals surface area contributed by atoms with Gasteiger partial charge < -0.3 is 15.0 Å². The normalized spacial score (nSPS) is 12.4. The van der Waals surface area contributed by atoms with Gasteiger partial charge >= 0.3 is 0 Å². The maximum atomic E-state index is 12.7. The summed E-state index contributed by atoms with van der Waals surface area (Å²) in [5.41, 5.74) is 8.33. The first-order chi connectivity index (χ1) is 13.7. The second kappa shape index (κ2) is 8.24. The minimum absolute atomic E-state index is 0.109. The van der Waals surface area contributed by atoms with Crippen LogP contribution < -0.4 is 15.2 Å². The van der Waals surface area contributed by atoms with Gasteiger partial charge in [0, 0.05) is 17.2 Å². The van der Waals surface area contributed by atoms with Crippen LogP contribution in [0.4, 0.5) is 11.4 Å². The average molecular weight is 433 g/mol. The second-order valence-corrected chi connectivity index (χ2v) is 8.92. The van der Waals surface area contributed by atoms with Crippen molar-refractivity contribution in [1.29, 1.82) is 0 Å². The standard InChI is InChI=1S/C20H20N2O5S2/c1-13-7-9-15(10-8-13)29(25,26)22-14-11-17(20(21)18(12-14)27-2)16-5-3-4-6-19(16)28(23)24/h3-12,22H,21H2,1-2H3,(H,23,24). The van der Waals surface area contributed by atoms with E-state index in [0.717, 1.165) is 5.56 Å². The molecular weight excluding hydrogens is 412 g/mol. The highest BCUT2D eigenvalue weighted by Gasteiger charge is 2.19. The van der Waals surface area contributed by atoms with Crippen LogP contribution in [-0.2, 0) is 21.1 Å². The van der Waals surface area contributed by atoms with Gasteiger partial charge in [0.2, 0.25) is 0 Å². The van der Waals surface area contributed by atoms with Crippen LogP contribution in [0.25, 0.3) is 11.1 Å². The van der Waals surface area contributed by atoms with Gasteiger partial charge in [-0.05, 0) is 31.2 Å². The van der Waals surface area contributed by atoms with E-state index in [-0.39, 0.29) is 26.9 Å². The number of sulfonamides is 1. The Morgan fingerprint density at radius 3 is 2.31 bits per heavy atom. The number of nitrogens with one attached hydrogen (secondary N) is 1. The number of nitrogens with two attached hydrogens (primary N) is 1. The lowest BCUT2D eigenvalue weighted by molar-refractivity contribution is 0.417. The van der Waals surface area contributed by atoms with Crippen LogP contribution in [0.1, 0.15) is 5.56 Å². The molecule has 3 rings (SSSR count). The second-order valence-electron chi connectivity index (χ2n) is 6.30. The van der Waals surface area contributed by atoms with E-state index in [1.54, 1.807) is 30.3 Å². The number of benzene rings is 3. The van der Waals surface area contributed by atoms with Crippen LogP contribution in [0.2, 0.25) is 0 Å². The van der Waals surface area contributed by atoms with E-state index in [2.05, 4.69) is 4.72 Å². The molecule has 0 aliphatic carbocycles. The van der Waals surface area contributed by atoms with Crippen molar-refractivity contribution in [2.24, 2.45) is 0 Å². The van der Waals surface area contributed by atoms with E-state index in [1.165, 1.54) is 37.4 Å². The molecule has 1 unspecified atom stereocenters. The van der Waals surface area contributed by atoms with Crippen LogP contribution in [-0.4, -0.2) is 24.3 Å². The molecule has 4 N–H and O–H groups in total. The summed E-state index contributed by atoms with van der Waals surface area (Å²) in [6.07, 6.45) is 0. The van der Waals surface area contributed by atoms with Gasteiger partial charge in [0.05, 0.1) is 28.3 Å². The Hall–Kier alpha value is -2.88. The smallest absolute Gasteiger partial charge is 0.261 e. The minimum atomic E-state index is -3.85. The van der Waals surface area contributed by atoms with E-state index in [9.17, 15) is 17.2 Å². The summed E-state index contributed by atoms with van der Waals surface area (Å²) >= 11 is -2.25. The third-order valence-corrected chi connectivity index (χ3v) is 6.44. The number of aryl methyl sites for hydroxylation is 1. The first-order valence-corrected chi connectivity index (χ1v) is 11.1. The highest BCUT2D eigenvalue weighted by Crippen LogP contribution is 2.39. The molecule has 0 bridgehead atoms. The number of ether oxygens (including phenoxy) is 1. The van der Waals surface area contributed by atoms with Crippen molar-refractivity contribution in [3.05, 3.63) is 66.2 Å². The van der Waals surface area contributed by atoms with Gasteiger partial charge in [-0.15, -0.1) is 0 Å². The SMILES string of the molecule is COc1cc(NS(=O)(=O)c2ccc(C)cc2)cc(-c2ccccc2S(=O)O)c1N. The molecule has 0 spiro atoms. The summed E-state index contributed by atoms with van der Waals surface area (Å²) in [5.74, 6) is 0.239. The molecule has 3 aromatic carbocycles. The predicted octanol–water partition coefficient (Wildman–Crippen LogP) is 3.63. The molecule has 0 saturated heterocycles. The van der Waals surface area contributed by atoms with Gasteiger partial charge in [-0.2, -0.15) is 0 Å². The van der Waals surface area contributed by atoms with Crippen LogP contribution >= 0.6 is 0 Å². The first-order valence-electron chi connectivity index (χ1n) is 8.50. The number of rotatable bonds is 6. The molecule has 0 aliphatic rings. The quantitative estimate of drug-likeness (QED) is 0.404. The minimum Gasteiger partial charge on any atom is -0.494 e. The maximum absolute atomic E-state index is 12.7. The molecule has 0 aliphatic heterocycles. The van der Waals surface area contributed by atoms with Crippen molar-refractivity contribution < 1.29 is 21.9 Å². The summed E-state index contributed by atoms with van der Waals surface area (Å²) < 4.78 is 54.6. The molecule has 0 heterocycles. The van der Waals surface area contributed by atoms with Crippen LogP contribution in [0.5, 0.6) is 5.75 Å². The van der Waals surface area contributed by atoms with Gasteiger partial charge in [0.15, 0.2) is 11.1 Å². The lowest BCUT2D eigenvalue weighted by atomic mass is 10.0. The van der Waals surface area contributed by atoms with Crippen LogP contribution in [0.15, 0.2) is 70.5 Å². The van der Waals surface area contributed by atoms with E-state index < -0.39 is 21.1 Å². The Kier molecular flexibility index (Phi) is 5.92. The van der Waals surface area contributed by atoms with E-state index >= 15 is 0 Å². The van der Waals surface area contributed by atoms with E-state index in [4.69, 9.17) is 10.5 Å². The molecule has 29 heavy (non-hydrogen) atoms. The fourth-order valence-electron chi connectivity index (χ4n) is 2.85. The molecule has 152 valence electrons. The van der Waals surface area contributed by atoms with Gasteiger partial charge in [0.1, 0.15) is 5.75 Å². The molecule has 0 radical (unpaired) electrons. The zero-order chi connectivity index (χ0) is 21.2. The van der Waals surface area contributed by atoms with Gasteiger partial charge in [-0.1, -0.05) is 35.9 Å². The Morgan fingerprint density at radius 2 is 1.69 bits per heavy atom. The molecule has 0 fully saturated rings. The predicted molar refractivity (Wildman–Crippen MR) is 114 cm³/mol. The summed E-state index contributed by atoms with van der Waals surface area (Å²) in [7, 11) is -2.44. The van der Waals surface area contributed by atoms with Crippen molar-refractivity contribution in [2.75, 3.05) is 17.6 Å². The molecule has 9 heteroatoms. The third-order valence-electron chi connectivity index (χ3n) is 4.31. The number of anilines is 2. The van der Waals surface area contributed by atoms with E-state index in [1.807, 2.05) is 6.92 Å². The number of nitrogen functional groups attached to an aromatic ring is 1. The monoisotopic (exact) mass is 432 g/mol.